The summed E-state index contributed by atoms with van der Waals surface area (Å²) >= 11 is 3.38. The number of pyridine rings is 1. The molecule has 0 aliphatic rings. The zero-order chi connectivity index (χ0) is 14.5. The third-order valence-corrected chi connectivity index (χ3v) is 3.44. The molecule has 2 aromatic rings. The van der Waals surface area contributed by atoms with Crippen LogP contribution >= 0.6 is 15.9 Å². The molecular formula is C15H17BrN2O2. The molecule has 0 saturated heterocycles. The smallest absolute Gasteiger partial charge is 0.161 e. The van der Waals surface area contributed by atoms with Gasteiger partial charge in [-0.05, 0) is 45.8 Å². The summed E-state index contributed by atoms with van der Waals surface area (Å²) in [5, 5.41) is 0. The van der Waals surface area contributed by atoms with Crippen LogP contribution in [0.25, 0.3) is 0 Å². The van der Waals surface area contributed by atoms with Gasteiger partial charge in [0.1, 0.15) is 5.82 Å². The van der Waals surface area contributed by atoms with Gasteiger partial charge in [-0.15, -0.1) is 0 Å². The molecule has 4 nitrogen and oxygen atoms in total. The van der Waals surface area contributed by atoms with Gasteiger partial charge in [0.05, 0.1) is 14.2 Å². The minimum absolute atomic E-state index is 0.737. The van der Waals surface area contributed by atoms with Gasteiger partial charge < -0.3 is 14.4 Å². The summed E-state index contributed by atoms with van der Waals surface area (Å²) in [5.74, 6) is 2.39. The van der Waals surface area contributed by atoms with Crippen molar-refractivity contribution >= 4 is 21.7 Å². The summed E-state index contributed by atoms with van der Waals surface area (Å²) in [4.78, 5) is 6.45. The number of halogens is 1. The molecule has 0 aliphatic carbocycles. The quantitative estimate of drug-likeness (QED) is 0.836. The largest absolute Gasteiger partial charge is 0.493 e. The van der Waals surface area contributed by atoms with Crippen LogP contribution in [0.4, 0.5) is 5.82 Å². The lowest BCUT2D eigenvalue weighted by molar-refractivity contribution is 0.354. The number of anilines is 1. The van der Waals surface area contributed by atoms with Gasteiger partial charge in [-0.2, -0.15) is 0 Å². The highest BCUT2D eigenvalue weighted by atomic mass is 79.9. The highest BCUT2D eigenvalue weighted by molar-refractivity contribution is 9.10. The fourth-order valence-electron chi connectivity index (χ4n) is 1.93. The molecule has 20 heavy (non-hydrogen) atoms. The third-order valence-electron chi connectivity index (χ3n) is 2.97. The van der Waals surface area contributed by atoms with E-state index in [1.54, 1.807) is 20.4 Å². The highest BCUT2D eigenvalue weighted by Gasteiger charge is 2.08. The van der Waals surface area contributed by atoms with Gasteiger partial charge in [0.25, 0.3) is 0 Å². The first-order valence-electron chi connectivity index (χ1n) is 6.17. The lowest BCUT2D eigenvalue weighted by atomic mass is 10.2. The van der Waals surface area contributed by atoms with E-state index in [-0.39, 0.29) is 0 Å². The van der Waals surface area contributed by atoms with Crippen LogP contribution < -0.4 is 14.4 Å². The van der Waals surface area contributed by atoms with Crippen molar-refractivity contribution in [3.05, 3.63) is 46.6 Å². The van der Waals surface area contributed by atoms with Crippen molar-refractivity contribution < 1.29 is 9.47 Å². The summed E-state index contributed by atoms with van der Waals surface area (Å²) in [6.45, 7) is 0.745. The highest BCUT2D eigenvalue weighted by Crippen LogP contribution is 2.28. The van der Waals surface area contributed by atoms with Crippen molar-refractivity contribution in [3.8, 4) is 11.5 Å². The number of ether oxygens (including phenoxy) is 2. The Morgan fingerprint density at radius 2 is 1.85 bits per heavy atom. The molecule has 2 rings (SSSR count). The minimum atomic E-state index is 0.737. The van der Waals surface area contributed by atoms with Crippen LogP contribution in [-0.2, 0) is 6.54 Å². The predicted molar refractivity (Wildman–Crippen MR) is 83.6 cm³/mol. The van der Waals surface area contributed by atoms with Crippen molar-refractivity contribution in [1.29, 1.82) is 0 Å². The van der Waals surface area contributed by atoms with Gasteiger partial charge in [-0.25, -0.2) is 4.98 Å². The summed E-state index contributed by atoms with van der Waals surface area (Å²) in [5.41, 5.74) is 1.13. The van der Waals surface area contributed by atoms with Crippen LogP contribution in [-0.4, -0.2) is 26.3 Å². The molecule has 1 aromatic heterocycles. The first-order valence-corrected chi connectivity index (χ1v) is 6.97. The molecule has 0 N–H and O–H groups in total. The van der Waals surface area contributed by atoms with Gasteiger partial charge in [0, 0.05) is 24.3 Å². The maximum absolute atomic E-state index is 5.31. The first kappa shape index (κ1) is 14.7. The van der Waals surface area contributed by atoms with Crippen LogP contribution in [0.5, 0.6) is 11.5 Å². The van der Waals surface area contributed by atoms with Crippen molar-refractivity contribution in [2.24, 2.45) is 0 Å². The zero-order valence-corrected chi connectivity index (χ0v) is 13.3. The number of rotatable bonds is 5. The molecule has 0 atom stereocenters. The molecule has 0 aliphatic heterocycles. The van der Waals surface area contributed by atoms with E-state index in [2.05, 4.69) is 25.8 Å². The van der Waals surface area contributed by atoms with Gasteiger partial charge >= 0.3 is 0 Å². The average molecular weight is 337 g/mol. The van der Waals surface area contributed by atoms with Crippen molar-refractivity contribution in [2.45, 2.75) is 6.54 Å². The molecule has 0 unspecified atom stereocenters. The van der Waals surface area contributed by atoms with E-state index < -0.39 is 0 Å². The second-order valence-corrected chi connectivity index (χ2v) is 5.30. The van der Waals surface area contributed by atoms with Crippen molar-refractivity contribution in [3.63, 3.8) is 0 Å². The second-order valence-electron chi connectivity index (χ2n) is 4.38. The first-order chi connectivity index (χ1) is 9.63. The Hall–Kier alpha value is -1.75. The van der Waals surface area contributed by atoms with E-state index in [1.807, 2.05) is 37.4 Å². The number of aromatic nitrogens is 1. The van der Waals surface area contributed by atoms with Gasteiger partial charge in [0.15, 0.2) is 11.5 Å². The van der Waals surface area contributed by atoms with Gasteiger partial charge in [-0.1, -0.05) is 6.07 Å². The molecule has 1 aromatic carbocycles. The lowest BCUT2D eigenvalue weighted by Crippen LogP contribution is -2.17. The van der Waals surface area contributed by atoms with Gasteiger partial charge in [-0.3, -0.25) is 0 Å². The lowest BCUT2D eigenvalue weighted by Gasteiger charge is -2.19. The molecule has 0 amide bonds. The summed E-state index contributed by atoms with van der Waals surface area (Å²) < 4.78 is 11.5. The maximum Gasteiger partial charge on any atom is 0.161 e. The van der Waals surface area contributed by atoms with Crippen LogP contribution in [0.3, 0.4) is 0 Å². The molecular weight excluding hydrogens is 320 g/mol. The molecule has 0 spiro atoms. The van der Waals surface area contributed by atoms with Crippen LogP contribution in [0.1, 0.15) is 5.56 Å². The van der Waals surface area contributed by atoms with E-state index in [9.17, 15) is 0 Å². The Bertz CT molecular complexity index is 573. The fourth-order valence-corrected chi connectivity index (χ4v) is 2.16. The molecule has 0 radical (unpaired) electrons. The molecule has 106 valence electrons. The van der Waals surface area contributed by atoms with Crippen LogP contribution in [0, 0.1) is 0 Å². The normalized spacial score (nSPS) is 10.2. The van der Waals surface area contributed by atoms with E-state index in [0.29, 0.717) is 0 Å². The predicted octanol–water partition coefficient (Wildman–Crippen LogP) is 3.50. The van der Waals surface area contributed by atoms with Crippen LogP contribution in [0.15, 0.2) is 41.0 Å². The molecule has 5 heteroatoms. The van der Waals surface area contributed by atoms with Crippen molar-refractivity contribution in [2.75, 3.05) is 26.2 Å². The Balaban J connectivity index is 2.15. The molecule has 0 bridgehead atoms. The van der Waals surface area contributed by atoms with E-state index in [0.717, 1.165) is 33.9 Å². The molecule has 0 fully saturated rings. The Morgan fingerprint density at radius 3 is 2.45 bits per heavy atom. The standard InChI is InChI=1S/C15H17BrN2O2/c1-18(15-7-5-12(16)9-17-15)10-11-4-6-13(19-2)14(8-11)20-3/h4-9H,10H2,1-3H3. The van der Waals surface area contributed by atoms with Crippen LogP contribution in [0.2, 0.25) is 0 Å². The molecule has 0 saturated carbocycles. The average Bonchev–Trinajstić information content (AvgIpc) is 2.47. The number of methoxy groups -OCH3 is 2. The second kappa shape index (κ2) is 6.61. The zero-order valence-electron chi connectivity index (χ0n) is 11.8. The van der Waals surface area contributed by atoms with E-state index in [1.165, 1.54) is 0 Å². The van der Waals surface area contributed by atoms with Crippen molar-refractivity contribution in [1.82, 2.24) is 4.98 Å². The topological polar surface area (TPSA) is 34.6 Å². The molecule has 1 heterocycles. The number of nitrogens with zero attached hydrogens (tertiary/aromatic N) is 2. The SMILES string of the molecule is COc1ccc(CN(C)c2ccc(Br)cn2)cc1OC. The Morgan fingerprint density at radius 1 is 1.10 bits per heavy atom. The van der Waals surface area contributed by atoms with E-state index in [4.69, 9.17) is 9.47 Å². The monoisotopic (exact) mass is 336 g/mol. The van der Waals surface area contributed by atoms with E-state index >= 15 is 0 Å². The Kier molecular flexibility index (Phi) is 4.84. The summed E-state index contributed by atoms with van der Waals surface area (Å²) in [7, 11) is 5.28. The number of hydrogen-bond donors (Lipinski definition) is 0. The maximum atomic E-state index is 5.31. The summed E-state index contributed by atoms with van der Waals surface area (Å²) in [6, 6.07) is 9.88. The van der Waals surface area contributed by atoms with Gasteiger partial charge in [0.2, 0.25) is 0 Å². The third kappa shape index (κ3) is 3.42. The number of benzene rings is 1. The fraction of sp³-hybridized carbons (Fsp3) is 0.267. The number of hydrogen-bond acceptors (Lipinski definition) is 4. The summed E-state index contributed by atoms with van der Waals surface area (Å²) in [6.07, 6.45) is 1.79. The Labute approximate surface area is 127 Å². The minimum Gasteiger partial charge on any atom is -0.493 e.